The van der Waals surface area contributed by atoms with Gasteiger partial charge in [0.1, 0.15) is 6.23 Å². The molecule has 3 unspecified atom stereocenters. The number of nitrogens with zero attached hydrogens (tertiary/aromatic N) is 1. The summed E-state index contributed by atoms with van der Waals surface area (Å²) in [6, 6.07) is 8.62. The lowest BCUT2D eigenvalue weighted by Crippen LogP contribution is -2.44. The van der Waals surface area contributed by atoms with Gasteiger partial charge in [-0.15, -0.1) is 11.8 Å². The van der Waals surface area contributed by atoms with Crippen molar-refractivity contribution in [2.45, 2.75) is 61.3 Å². The van der Waals surface area contributed by atoms with Crippen molar-refractivity contribution in [1.82, 2.24) is 4.90 Å². The van der Waals surface area contributed by atoms with Gasteiger partial charge in [-0.1, -0.05) is 18.2 Å². The number of benzene rings is 1. The highest BCUT2D eigenvalue weighted by Gasteiger charge is 2.41. The Morgan fingerprint density at radius 1 is 1.22 bits per heavy atom. The summed E-state index contributed by atoms with van der Waals surface area (Å²) in [7, 11) is 0. The molecular formula is C18H24N2O2S. The Morgan fingerprint density at radius 2 is 2.09 bits per heavy atom. The van der Waals surface area contributed by atoms with E-state index in [-0.39, 0.29) is 24.3 Å². The molecule has 0 radical (unpaired) electrons. The van der Waals surface area contributed by atoms with Gasteiger partial charge in [-0.2, -0.15) is 0 Å². The molecule has 124 valence electrons. The minimum absolute atomic E-state index is 0.0711. The maximum absolute atomic E-state index is 11.6. The van der Waals surface area contributed by atoms with Crippen LogP contribution in [-0.2, 0) is 9.53 Å². The number of rotatable bonds is 2. The van der Waals surface area contributed by atoms with E-state index in [0.717, 1.165) is 32.2 Å². The Kier molecular flexibility index (Phi) is 4.35. The highest BCUT2D eigenvalue weighted by atomic mass is 32.2. The minimum atomic E-state index is -0.200. The molecule has 3 aliphatic heterocycles. The normalized spacial score (nSPS) is 34.4. The van der Waals surface area contributed by atoms with Gasteiger partial charge in [0.25, 0.3) is 0 Å². The van der Waals surface area contributed by atoms with E-state index in [1.807, 2.05) is 11.8 Å². The number of amides is 1. The van der Waals surface area contributed by atoms with E-state index >= 15 is 0 Å². The Hall–Kier alpha value is -1.04. The number of fused-ring (bicyclic) bond motifs is 2. The van der Waals surface area contributed by atoms with Gasteiger partial charge in [-0.3, -0.25) is 9.69 Å². The Labute approximate surface area is 141 Å². The molecule has 4 nitrogen and oxygen atoms in total. The van der Waals surface area contributed by atoms with Gasteiger partial charge < -0.3 is 10.5 Å². The monoisotopic (exact) mass is 332 g/mol. The van der Waals surface area contributed by atoms with Crippen LogP contribution in [-0.4, -0.2) is 41.5 Å². The number of carbonyl (C=O) groups is 1. The van der Waals surface area contributed by atoms with Gasteiger partial charge in [0.15, 0.2) is 0 Å². The molecule has 2 N–H and O–H groups in total. The topological polar surface area (TPSA) is 55.6 Å². The van der Waals surface area contributed by atoms with Crippen molar-refractivity contribution in [2.24, 2.45) is 5.73 Å². The van der Waals surface area contributed by atoms with Gasteiger partial charge in [-0.05, 0) is 49.5 Å². The fraction of sp³-hybridized carbons (Fsp3) is 0.611. The second-order valence-electron chi connectivity index (χ2n) is 6.79. The second-order valence-corrected chi connectivity index (χ2v) is 7.92. The minimum Gasteiger partial charge on any atom is -0.368 e. The van der Waals surface area contributed by atoms with Crippen LogP contribution in [0.1, 0.15) is 43.6 Å². The average molecular weight is 332 g/mol. The molecule has 5 heteroatoms. The van der Waals surface area contributed by atoms with Crippen LogP contribution in [0.5, 0.6) is 0 Å². The predicted octanol–water partition coefficient (Wildman–Crippen LogP) is 2.72. The van der Waals surface area contributed by atoms with Gasteiger partial charge in [0, 0.05) is 17.4 Å². The summed E-state index contributed by atoms with van der Waals surface area (Å²) in [6.45, 7) is 0.928. The number of carbonyl (C=O) groups excluding carboxylic acids is 1. The van der Waals surface area contributed by atoms with Crippen LogP contribution in [0.2, 0.25) is 0 Å². The Balaban J connectivity index is 1.54. The van der Waals surface area contributed by atoms with E-state index in [9.17, 15) is 4.79 Å². The lowest BCUT2D eigenvalue weighted by molar-refractivity contribution is -0.128. The number of ether oxygens (including phenoxy) is 1. The maximum Gasteiger partial charge on any atom is 0.234 e. The largest absolute Gasteiger partial charge is 0.368 e. The first-order valence-corrected chi connectivity index (χ1v) is 9.65. The number of hydrogen-bond acceptors (Lipinski definition) is 4. The van der Waals surface area contributed by atoms with E-state index < -0.39 is 0 Å². The number of hydrogen-bond donors (Lipinski definition) is 1. The SMILES string of the molecule is NC(=O)C1CCC2OC([C@@H]3CCSc4ccccc43)CCCN21. The summed E-state index contributed by atoms with van der Waals surface area (Å²) in [5, 5.41) is 0. The van der Waals surface area contributed by atoms with E-state index in [4.69, 9.17) is 10.5 Å². The van der Waals surface area contributed by atoms with Crippen molar-refractivity contribution in [3.8, 4) is 0 Å². The lowest BCUT2D eigenvalue weighted by Gasteiger charge is -2.33. The zero-order valence-corrected chi connectivity index (χ0v) is 14.1. The fourth-order valence-electron chi connectivity index (χ4n) is 4.38. The van der Waals surface area contributed by atoms with Crippen LogP contribution < -0.4 is 5.73 Å². The zero-order valence-electron chi connectivity index (χ0n) is 13.3. The van der Waals surface area contributed by atoms with Crippen molar-refractivity contribution in [1.29, 1.82) is 0 Å². The molecule has 0 spiro atoms. The van der Waals surface area contributed by atoms with E-state index in [0.29, 0.717) is 5.92 Å². The van der Waals surface area contributed by atoms with Gasteiger partial charge in [-0.25, -0.2) is 0 Å². The van der Waals surface area contributed by atoms with Crippen molar-refractivity contribution in [3.05, 3.63) is 29.8 Å². The van der Waals surface area contributed by atoms with Gasteiger partial charge in [0.2, 0.25) is 5.91 Å². The van der Waals surface area contributed by atoms with Crippen molar-refractivity contribution < 1.29 is 9.53 Å². The Bertz CT molecular complexity index is 594. The number of primary amides is 1. The number of thioether (sulfide) groups is 1. The van der Waals surface area contributed by atoms with Crippen molar-refractivity contribution >= 4 is 17.7 Å². The molecule has 1 aromatic rings. The molecule has 0 bridgehead atoms. The van der Waals surface area contributed by atoms with E-state index in [2.05, 4.69) is 29.2 Å². The van der Waals surface area contributed by atoms with Gasteiger partial charge >= 0.3 is 0 Å². The van der Waals surface area contributed by atoms with Crippen LogP contribution in [0.15, 0.2) is 29.2 Å². The third-order valence-corrected chi connectivity index (χ3v) is 6.60. The summed E-state index contributed by atoms with van der Waals surface area (Å²) < 4.78 is 6.52. The lowest BCUT2D eigenvalue weighted by atomic mass is 9.88. The molecule has 1 aromatic carbocycles. The Morgan fingerprint density at radius 3 is 2.96 bits per heavy atom. The van der Waals surface area contributed by atoms with E-state index in [1.54, 1.807) is 0 Å². The van der Waals surface area contributed by atoms with Crippen LogP contribution in [0.3, 0.4) is 0 Å². The molecule has 3 heterocycles. The first-order chi connectivity index (χ1) is 11.2. The second kappa shape index (κ2) is 6.46. The molecule has 2 saturated heterocycles. The molecule has 0 aliphatic carbocycles. The summed E-state index contributed by atoms with van der Waals surface area (Å²) >= 11 is 1.96. The van der Waals surface area contributed by atoms with Crippen molar-refractivity contribution in [2.75, 3.05) is 12.3 Å². The highest BCUT2D eigenvalue weighted by molar-refractivity contribution is 7.99. The summed E-state index contributed by atoms with van der Waals surface area (Å²) in [5.41, 5.74) is 7.01. The molecular weight excluding hydrogens is 308 g/mol. The van der Waals surface area contributed by atoms with Gasteiger partial charge in [0.05, 0.1) is 12.1 Å². The van der Waals surface area contributed by atoms with Crippen molar-refractivity contribution in [3.63, 3.8) is 0 Å². The van der Waals surface area contributed by atoms with Crippen LogP contribution >= 0.6 is 11.8 Å². The first-order valence-electron chi connectivity index (χ1n) is 8.66. The summed E-state index contributed by atoms with van der Waals surface area (Å²) in [4.78, 5) is 15.2. The number of nitrogens with two attached hydrogens (primary N) is 1. The third kappa shape index (κ3) is 2.90. The summed E-state index contributed by atoms with van der Waals surface area (Å²) in [6.07, 6.45) is 5.43. The predicted molar refractivity (Wildman–Crippen MR) is 91.3 cm³/mol. The smallest absolute Gasteiger partial charge is 0.234 e. The average Bonchev–Trinajstić information content (AvgIpc) is 2.85. The molecule has 1 amide bonds. The summed E-state index contributed by atoms with van der Waals surface area (Å²) in [5.74, 6) is 1.45. The molecule has 2 fully saturated rings. The van der Waals surface area contributed by atoms with E-state index in [1.165, 1.54) is 22.6 Å². The zero-order chi connectivity index (χ0) is 15.8. The molecule has 0 saturated carbocycles. The molecule has 3 aliphatic rings. The van der Waals surface area contributed by atoms with Crippen LogP contribution in [0, 0.1) is 0 Å². The van der Waals surface area contributed by atoms with Crippen LogP contribution in [0.25, 0.3) is 0 Å². The quantitative estimate of drug-likeness (QED) is 0.905. The molecule has 0 aromatic heterocycles. The first kappa shape index (κ1) is 15.5. The molecule has 4 atom stereocenters. The maximum atomic E-state index is 11.6. The fourth-order valence-corrected chi connectivity index (χ4v) is 5.53. The molecule has 23 heavy (non-hydrogen) atoms. The standard InChI is InChI=1S/C18H24N2O2S/c19-18(21)14-7-8-17-20(14)10-3-5-15(22-17)12-9-11-23-16-6-2-1-4-13(12)16/h1-2,4,6,12,14-15,17H,3,5,7-11H2,(H2,19,21)/t12-,14?,15?,17?/m1/s1. The van der Waals surface area contributed by atoms with Crippen LogP contribution in [0.4, 0.5) is 0 Å². The molecule has 4 rings (SSSR count). The third-order valence-electron chi connectivity index (χ3n) is 5.48. The highest BCUT2D eigenvalue weighted by Crippen LogP contribution is 2.43.